The fraction of sp³-hybridized carbons (Fsp3) is 0.611. The number of halogens is 1. The first-order chi connectivity index (χ1) is 10.9. The van der Waals surface area contributed by atoms with Crippen molar-refractivity contribution in [2.24, 2.45) is 4.99 Å². The smallest absolute Gasteiger partial charge is 0.191 e. The maximum atomic E-state index is 13.4. The molecule has 0 aromatic heterocycles. The third kappa shape index (κ3) is 5.13. The number of hydrogen-bond acceptors (Lipinski definition) is 2. The molecule has 0 bridgehead atoms. The van der Waals surface area contributed by atoms with E-state index < -0.39 is 0 Å². The van der Waals surface area contributed by atoms with Crippen LogP contribution in [0.5, 0.6) is 0 Å². The Hall–Kier alpha value is -1.23. The van der Waals surface area contributed by atoms with E-state index in [9.17, 15) is 4.39 Å². The van der Waals surface area contributed by atoms with Crippen molar-refractivity contribution in [1.82, 2.24) is 10.6 Å². The summed E-state index contributed by atoms with van der Waals surface area (Å²) in [5.74, 6) is 0.647. The van der Waals surface area contributed by atoms with E-state index in [0.717, 1.165) is 16.8 Å². The van der Waals surface area contributed by atoms with Crippen LogP contribution in [-0.4, -0.2) is 37.1 Å². The van der Waals surface area contributed by atoms with Crippen LogP contribution in [-0.2, 0) is 5.41 Å². The molecular formula is C18H28FN3S. The van der Waals surface area contributed by atoms with Crippen LogP contribution in [0.3, 0.4) is 0 Å². The van der Waals surface area contributed by atoms with Crippen molar-refractivity contribution >= 4 is 17.7 Å². The average molecular weight is 338 g/mol. The number of nitrogens with one attached hydrogen (secondary N) is 2. The largest absolute Gasteiger partial charge is 0.356 e. The lowest BCUT2D eigenvalue weighted by molar-refractivity contribution is 0.498. The van der Waals surface area contributed by atoms with Gasteiger partial charge >= 0.3 is 0 Å². The monoisotopic (exact) mass is 337 g/mol. The molecule has 0 radical (unpaired) electrons. The summed E-state index contributed by atoms with van der Waals surface area (Å²) in [6, 6.07) is 7.32. The minimum Gasteiger partial charge on any atom is -0.356 e. The van der Waals surface area contributed by atoms with Crippen molar-refractivity contribution in [1.29, 1.82) is 0 Å². The second-order valence-electron chi connectivity index (χ2n) is 6.83. The van der Waals surface area contributed by atoms with Crippen LogP contribution in [0, 0.1) is 5.82 Å². The van der Waals surface area contributed by atoms with Gasteiger partial charge in [0.15, 0.2) is 5.96 Å². The molecule has 2 unspecified atom stereocenters. The third-order valence-corrected chi connectivity index (χ3v) is 5.68. The molecule has 1 saturated carbocycles. The summed E-state index contributed by atoms with van der Waals surface area (Å²) in [5, 5.41) is 7.67. The van der Waals surface area contributed by atoms with Crippen molar-refractivity contribution in [3.63, 3.8) is 0 Å². The van der Waals surface area contributed by atoms with Gasteiger partial charge in [-0.3, -0.25) is 4.99 Å². The summed E-state index contributed by atoms with van der Waals surface area (Å²) < 4.78 is 13.4. The lowest BCUT2D eigenvalue weighted by Crippen LogP contribution is -2.46. The highest BCUT2D eigenvalue weighted by atomic mass is 32.2. The highest BCUT2D eigenvalue weighted by molar-refractivity contribution is 7.99. The SMILES string of the molecule is CN=C(NCC(C)(C)c1cccc(F)c1)NC1CCC(SC)C1. The van der Waals surface area contributed by atoms with E-state index in [4.69, 9.17) is 0 Å². The number of thioether (sulfide) groups is 1. The number of aliphatic imine (C=N–C) groups is 1. The molecule has 1 fully saturated rings. The van der Waals surface area contributed by atoms with Gasteiger partial charge < -0.3 is 10.6 Å². The van der Waals surface area contributed by atoms with Gasteiger partial charge in [0.05, 0.1) is 0 Å². The van der Waals surface area contributed by atoms with Crippen molar-refractivity contribution in [2.75, 3.05) is 19.8 Å². The Balaban J connectivity index is 1.90. The van der Waals surface area contributed by atoms with E-state index in [-0.39, 0.29) is 11.2 Å². The summed E-state index contributed by atoms with van der Waals surface area (Å²) in [5.41, 5.74) is 0.820. The predicted molar refractivity (Wildman–Crippen MR) is 98.9 cm³/mol. The molecule has 0 amide bonds. The minimum absolute atomic E-state index is 0.169. The molecule has 0 spiro atoms. The number of hydrogen-bond donors (Lipinski definition) is 2. The first kappa shape index (κ1) is 18.1. The zero-order valence-corrected chi connectivity index (χ0v) is 15.3. The molecule has 3 nitrogen and oxygen atoms in total. The molecule has 1 aromatic rings. The molecule has 23 heavy (non-hydrogen) atoms. The van der Waals surface area contributed by atoms with Gasteiger partial charge in [-0.15, -0.1) is 0 Å². The first-order valence-corrected chi connectivity index (χ1v) is 9.49. The van der Waals surface area contributed by atoms with Gasteiger partial charge in [-0.25, -0.2) is 4.39 Å². The van der Waals surface area contributed by atoms with Crippen molar-refractivity contribution < 1.29 is 4.39 Å². The van der Waals surface area contributed by atoms with Crippen LogP contribution >= 0.6 is 11.8 Å². The summed E-state index contributed by atoms with van der Waals surface area (Å²) in [4.78, 5) is 4.33. The number of nitrogens with zero attached hydrogens (tertiary/aromatic N) is 1. The van der Waals surface area contributed by atoms with Gasteiger partial charge in [-0.1, -0.05) is 26.0 Å². The molecule has 2 rings (SSSR count). The highest BCUT2D eigenvalue weighted by Crippen LogP contribution is 2.28. The van der Waals surface area contributed by atoms with Crippen LogP contribution in [0.4, 0.5) is 4.39 Å². The number of rotatable bonds is 5. The van der Waals surface area contributed by atoms with E-state index in [1.807, 2.05) is 17.8 Å². The van der Waals surface area contributed by atoms with Crippen LogP contribution in [0.1, 0.15) is 38.7 Å². The van der Waals surface area contributed by atoms with E-state index >= 15 is 0 Å². The Bertz CT molecular complexity index is 545. The quantitative estimate of drug-likeness (QED) is 0.637. The van der Waals surface area contributed by atoms with Crippen molar-refractivity contribution in [3.05, 3.63) is 35.6 Å². The van der Waals surface area contributed by atoms with Crippen LogP contribution in [0.2, 0.25) is 0 Å². The molecule has 2 N–H and O–H groups in total. The van der Waals surface area contributed by atoms with Gasteiger partial charge in [0.2, 0.25) is 0 Å². The van der Waals surface area contributed by atoms with E-state index in [1.54, 1.807) is 19.2 Å². The fourth-order valence-corrected chi connectivity index (χ4v) is 3.79. The van der Waals surface area contributed by atoms with Gasteiger partial charge in [0, 0.05) is 30.3 Å². The summed E-state index contributed by atoms with van der Waals surface area (Å²) in [6.07, 6.45) is 5.83. The Morgan fingerprint density at radius 2 is 2.17 bits per heavy atom. The van der Waals surface area contributed by atoms with Gasteiger partial charge in [-0.2, -0.15) is 11.8 Å². The van der Waals surface area contributed by atoms with Gasteiger partial charge in [0.25, 0.3) is 0 Å². The summed E-state index contributed by atoms with van der Waals surface area (Å²) >= 11 is 1.95. The topological polar surface area (TPSA) is 36.4 Å². The zero-order valence-electron chi connectivity index (χ0n) is 14.5. The van der Waals surface area contributed by atoms with E-state index in [2.05, 4.69) is 35.7 Å². The molecule has 5 heteroatoms. The van der Waals surface area contributed by atoms with Gasteiger partial charge in [-0.05, 0) is 43.2 Å². The Labute approximate surface area is 143 Å². The Kier molecular flexibility index (Phi) is 6.33. The molecule has 128 valence electrons. The second-order valence-corrected chi connectivity index (χ2v) is 7.97. The van der Waals surface area contributed by atoms with Crippen LogP contribution in [0.25, 0.3) is 0 Å². The second kappa shape index (κ2) is 8.04. The lowest BCUT2D eigenvalue weighted by Gasteiger charge is -2.27. The molecule has 0 saturated heterocycles. The van der Waals surface area contributed by atoms with Crippen molar-refractivity contribution in [3.8, 4) is 0 Å². The average Bonchev–Trinajstić information content (AvgIpc) is 2.99. The summed E-state index contributed by atoms with van der Waals surface area (Å²) in [6.45, 7) is 4.93. The molecule has 2 atom stereocenters. The highest BCUT2D eigenvalue weighted by Gasteiger charge is 2.26. The number of benzene rings is 1. The zero-order chi connectivity index (χ0) is 16.9. The lowest BCUT2D eigenvalue weighted by atomic mass is 9.84. The maximum absolute atomic E-state index is 13.4. The molecule has 1 aromatic carbocycles. The Morgan fingerprint density at radius 1 is 1.39 bits per heavy atom. The molecule has 0 heterocycles. The fourth-order valence-electron chi connectivity index (χ4n) is 2.99. The molecule has 1 aliphatic carbocycles. The van der Waals surface area contributed by atoms with Gasteiger partial charge in [0.1, 0.15) is 5.82 Å². The van der Waals surface area contributed by atoms with Crippen LogP contribution in [0.15, 0.2) is 29.3 Å². The normalized spacial score (nSPS) is 22.2. The molecule has 1 aliphatic rings. The minimum atomic E-state index is -0.188. The van der Waals surface area contributed by atoms with Crippen molar-refractivity contribution in [2.45, 2.75) is 49.8 Å². The standard InChI is InChI=1S/C18H28FN3S/c1-18(2,13-6-5-7-14(19)10-13)12-21-17(20-3)22-15-8-9-16(11-15)23-4/h5-7,10,15-16H,8-9,11-12H2,1-4H3,(H2,20,21,22). The van der Waals surface area contributed by atoms with Crippen LogP contribution < -0.4 is 10.6 Å². The predicted octanol–water partition coefficient (Wildman–Crippen LogP) is 3.55. The maximum Gasteiger partial charge on any atom is 0.191 e. The molecular weight excluding hydrogens is 309 g/mol. The third-order valence-electron chi connectivity index (χ3n) is 4.59. The number of guanidine groups is 1. The molecule has 0 aliphatic heterocycles. The van der Waals surface area contributed by atoms with E-state index in [1.165, 1.54) is 25.3 Å². The van der Waals surface area contributed by atoms with E-state index in [0.29, 0.717) is 12.6 Å². The Morgan fingerprint density at radius 3 is 2.78 bits per heavy atom. The summed E-state index contributed by atoms with van der Waals surface area (Å²) in [7, 11) is 1.80. The first-order valence-electron chi connectivity index (χ1n) is 8.20.